The number of terminal acetylenes is 1. The largest absolute Gasteiger partial charge is 0.383 e. The van der Waals surface area contributed by atoms with Crippen molar-refractivity contribution in [3.63, 3.8) is 0 Å². The minimum Gasteiger partial charge on any atom is -0.383 e. The first kappa shape index (κ1) is 33.7. The zero-order chi connectivity index (χ0) is 29.8. The number of para-hydroxylation sites is 1. The predicted octanol–water partition coefficient (Wildman–Crippen LogP) is 3.98. The number of anilines is 1. The lowest BCUT2D eigenvalue weighted by molar-refractivity contribution is -0.118. The number of nitrogens with one attached hydrogen (secondary N) is 2. The number of carbonyl (C=O) groups excluding carboxylic acids is 1. The molecule has 1 saturated heterocycles. The number of hydrogen-bond donors (Lipinski definition) is 2. The highest BCUT2D eigenvalue weighted by molar-refractivity contribution is 5.69. The van der Waals surface area contributed by atoms with Gasteiger partial charge in [-0.1, -0.05) is 43.0 Å². The molecule has 40 heavy (non-hydrogen) atoms. The third kappa shape index (κ3) is 10.8. The summed E-state index contributed by atoms with van der Waals surface area (Å²) in [5, 5.41) is 12.4. The molecule has 0 aliphatic carbocycles. The second-order valence-corrected chi connectivity index (χ2v) is 8.26. The van der Waals surface area contributed by atoms with Crippen LogP contribution in [0.2, 0.25) is 0 Å². The van der Waals surface area contributed by atoms with Gasteiger partial charge in [-0.2, -0.15) is 10.2 Å². The molecule has 1 aliphatic rings. The number of nitrogens with zero attached hydrogens (tertiary/aromatic N) is 5. The fourth-order valence-corrected chi connectivity index (χ4v) is 3.56. The van der Waals surface area contributed by atoms with Crippen LogP contribution in [0, 0.1) is 26.7 Å². The molecule has 4 rings (SSSR count). The maximum atomic E-state index is 10.1. The molecule has 1 atom stereocenters. The van der Waals surface area contributed by atoms with Crippen LogP contribution in [0.4, 0.5) is 5.82 Å². The fourth-order valence-electron chi connectivity index (χ4n) is 3.56. The Kier molecular flexibility index (Phi) is 16.6. The number of aromatic nitrogens is 4. The Morgan fingerprint density at radius 1 is 1.20 bits per heavy atom. The van der Waals surface area contributed by atoms with E-state index in [4.69, 9.17) is 14.7 Å². The molecular formula is C30H41N7O3. The predicted molar refractivity (Wildman–Crippen MR) is 161 cm³/mol. The molecule has 1 aromatic carbocycles. The van der Waals surface area contributed by atoms with Gasteiger partial charge in [0, 0.05) is 50.8 Å². The van der Waals surface area contributed by atoms with E-state index in [0.29, 0.717) is 19.6 Å². The zero-order valence-corrected chi connectivity index (χ0v) is 24.1. The number of amides is 1. The number of methoxy groups -OCH3 is 1. The van der Waals surface area contributed by atoms with Crippen LogP contribution in [0.5, 0.6) is 0 Å². The Labute approximate surface area is 238 Å². The standard InChI is InChI=1S/C16H17N5.C7H14N2O3.C5H8.C2H2/c1-11-15(13-9-18-12(2)19-10-13)20-21(16(11)17-3)14-7-5-4-6-8-14;1-11-3-2-9-4-7(5-12-9)8-6-10;1-3-5-4-2;1-2/h4-10,17H,1-3H3;6-7H,2-5H2,1H3,(H,8,10);3-5H,1H2,2H3;1-2H/b;;5-4-;. The smallest absolute Gasteiger partial charge is 0.207 e. The van der Waals surface area contributed by atoms with Crippen LogP contribution in [-0.2, 0) is 14.4 Å². The zero-order valence-electron chi connectivity index (χ0n) is 24.1. The number of hydrogen-bond acceptors (Lipinski definition) is 8. The maximum Gasteiger partial charge on any atom is 0.207 e. The van der Waals surface area contributed by atoms with Gasteiger partial charge in [-0.25, -0.2) is 14.6 Å². The van der Waals surface area contributed by atoms with E-state index < -0.39 is 0 Å². The van der Waals surface area contributed by atoms with Gasteiger partial charge in [0.2, 0.25) is 6.41 Å². The quantitative estimate of drug-likeness (QED) is 0.235. The molecule has 10 nitrogen and oxygen atoms in total. The highest BCUT2D eigenvalue weighted by atomic mass is 16.7. The molecule has 2 aromatic heterocycles. The molecule has 214 valence electrons. The van der Waals surface area contributed by atoms with Crippen LogP contribution in [0.25, 0.3) is 16.9 Å². The molecular weight excluding hydrogens is 506 g/mol. The Morgan fingerprint density at radius 3 is 2.40 bits per heavy atom. The van der Waals surface area contributed by atoms with Crippen LogP contribution in [0.3, 0.4) is 0 Å². The maximum absolute atomic E-state index is 10.1. The highest BCUT2D eigenvalue weighted by Gasteiger charge is 2.22. The second-order valence-electron chi connectivity index (χ2n) is 8.26. The van der Waals surface area contributed by atoms with E-state index >= 15 is 0 Å². The highest BCUT2D eigenvalue weighted by Crippen LogP contribution is 2.29. The van der Waals surface area contributed by atoms with Gasteiger partial charge in [-0.3, -0.25) is 9.63 Å². The molecule has 1 unspecified atom stereocenters. The summed E-state index contributed by atoms with van der Waals surface area (Å²) in [6.45, 7) is 12.0. The summed E-state index contributed by atoms with van der Waals surface area (Å²) in [4.78, 5) is 23.8. The summed E-state index contributed by atoms with van der Waals surface area (Å²) >= 11 is 0. The van der Waals surface area contributed by atoms with Crippen molar-refractivity contribution in [2.24, 2.45) is 0 Å². The summed E-state index contributed by atoms with van der Waals surface area (Å²) in [5.41, 5.74) is 3.91. The number of ether oxygens (including phenoxy) is 1. The van der Waals surface area contributed by atoms with Crippen molar-refractivity contribution in [3.05, 3.63) is 78.9 Å². The van der Waals surface area contributed by atoms with Gasteiger partial charge < -0.3 is 15.4 Å². The van der Waals surface area contributed by atoms with Gasteiger partial charge in [-0.15, -0.1) is 12.8 Å². The molecule has 10 heteroatoms. The lowest BCUT2D eigenvalue weighted by atomic mass is 10.1. The number of carbonyl (C=O) groups is 1. The molecule has 3 aromatic rings. The lowest BCUT2D eigenvalue weighted by Crippen LogP contribution is -2.33. The first-order valence-electron chi connectivity index (χ1n) is 12.7. The summed E-state index contributed by atoms with van der Waals surface area (Å²) in [5.74, 6) is 1.73. The number of rotatable bonds is 9. The molecule has 0 saturated carbocycles. The first-order valence-corrected chi connectivity index (χ1v) is 12.7. The van der Waals surface area contributed by atoms with Crippen LogP contribution >= 0.6 is 0 Å². The topological polar surface area (TPSA) is 106 Å². The van der Waals surface area contributed by atoms with Crippen molar-refractivity contribution in [1.29, 1.82) is 0 Å². The lowest BCUT2D eigenvalue weighted by Gasteiger charge is -2.12. The van der Waals surface area contributed by atoms with Gasteiger partial charge in [0.25, 0.3) is 0 Å². The van der Waals surface area contributed by atoms with E-state index in [1.807, 2.05) is 87.4 Å². The number of benzene rings is 1. The monoisotopic (exact) mass is 547 g/mol. The van der Waals surface area contributed by atoms with Gasteiger partial charge in [0.1, 0.15) is 17.3 Å². The molecule has 1 aliphatic heterocycles. The Morgan fingerprint density at radius 2 is 1.88 bits per heavy atom. The van der Waals surface area contributed by atoms with Gasteiger partial charge >= 0.3 is 0 Å². The van der Waals surface area contributed by atoms with Crippen molar-refractivity contribution >= 4 is 12.2 Å². The molecule has 2 N–H and O–H groups in total. The van der Waals surface area contributed by atoms with Crippen molar-refractivity contribution < 1.29 is 14.4 Å². The average molecular weight is 548 g/mol. The van der Waals surface area contributed by atoms with Crippen molar-refractivity contribution in [1.82, 2.24) is 30.1 Å². The fraction of sp³-hybridized carbons (Fsp3) is 0.333. The number of allylic oxidation sites excluding steroid dienone is 3. The van der Waals surface area contributed by atoms with E-state index in [2.05, 4.69) is 40.0 Å². The van der Waals surface area contributed by atoms with E-state index in [9.17, 15) is 4.79 Å². The second kappa shape index (κ2) is 19.7. The number of hydroxylamine groups is 2. The summed E-state index contributed by atoms with van der Waals surface area (Å²) in [7, 11) is 3.55. The summed E-state index contributed by atoms with van der Waals surface area (Å²) in [6, 6.07) is 10.2. The summed E-state index contributed by atoms with van der Waals surface area (Å²) in [6.07, 6.45) is 17.9. The Bertz CT molecular complexity index is 1180. The van der Waals surface area contributed by atoms with Crippen LogP contribution in [-0.4, -0.2) is 77.7 Å². The van der Waals surface area contributed by atoms with Crippen molar-refractivity contribution in [2.45, 2.75) is 26.8 Å². The molecule has 3 heterocycles. The molecule has 0 bridgehead atoms. The minimum absolute atomic E-state index is 0.124. The number of aryl methyl sites for hydroxylation is 1. The van der Waals surface area contributed by atoms with Gasteiger partial charge in [-0.05, 0) is 32.9 Å². The van der Waals surface area contributed by atoms with Crippen molar-refractivity contribution in [3.8, 4) is 29.8 Å². The van der Waals surface area contributed by atoms with E-state index in [0.717, 1.165) is 47.2 Å². The minimum atomic E-state index is 0.124. The molecule has 0 radical (unpaired) electrons. The molecule has 0 spiro atoms. The molecule has 1 fully saturated rings. The third-order valence-corrected chi connectivity index (χ3v) is 5.47. The Balaban J connectivity index is 0.000000356. The third-order valence-electron chi connectivity index (χ3n) is 5.47. The van der Waals surface area contributed by atoms with E-state index in [1.54, 1.807) is 18.2 Å². The normalized spacial score (nSPS) is 14.0. The van der Waals surface area contributed by atoms with Gasteiger partial charge in [0.15, 0.2) is 0 Å². The van der Waals surface area contributed by atoms with Crippen LogP contribution in [0.1, 0.15) is 18.3 Å². The van der Waals surface area contributed by atoms with E-state index in [-0.39, 0.29) is 6.04 Å². The van der Waals surface area contributed by atoms with Crippen LogP contribution in [0.15, 0.2) is 67.5 Å². The van der Waals surface area contributed by atoms with E-state index in [1.165, 1.54) is 0 Å². The first-order chi connectivity index (χ1) is 19.5. The summed E-state index contributed by atoms with van der Waals surface area (Å²) < 4.78 is 6.79. The van der Waals surface area contributed by atoms with Gasteiger partial charge in [0.05, 0.1) is 24.9 Å². The van der Waals surface area contributed by atoms with Crippen molar-refractivity contribution in [2.75, 3.05) is 45.8 Å². The SMILES string of the molecule is C#C.C=C/C=C\C.CNc1c(C)c(-c2cnc(C)nc2)nn1-c1ccccc1.COCCN1CC(NC=O)CO1. The Hall–Kier alpha value is -4.30. The van der Waals surface area contributed by atoms with Crippen LogP contribution < -0.4 is 10.6 Å². The molecule has 1 amide bonds. The average Bonchev–Trinajstić information content (AvgIpc) is 3.58.